The number of nitrogens with zero attached hydrogens (tertiary/aromatic N) is 8. The van der Waals surface area contributed by atoms with E-state index in [-0.39, 0.29) is 90.7 Å². The molecule has 1 spiro atoms. The number of hydrogen-bond acceptors (Lipinski definition) is 13. The maximum atomic E-state index is 13.8. The number of amides is 6. The largest absolute Gasteiger partial charge is 0.490 e. The highest BCUT2D eigenvalue weighted by molar-refractivity contribution is 6.05. The van der Waals surface area contributed by atoms with Crippen LogP contribution < -0.4 is 37.1 Å². The molecule has 62 heavy (non-hydrogen) atoms. The third-order valence-electron chi connectivity index (χ3n) is 10.7. The molecule has 6 heterocycles. The summed E-state index contributed by atoms with van der Waals surface area (Å²) in [6.07, 6.45) is 4.02. The second-order valence-electron chi connectivity index (χ2n) is 15.1. The van der Waals surface area contributed by atoms with Crippen molar-refractivity contribution in [2.45, 2.75) is 53.8 Å². The Hall–Kier alpha value is -7.75. The van der Waals surface area contributed by atoms with E-state index in [1.807, 2.05) is 13.8 Å². The molecule has 6 amide bonds. The second kappa shape index (κ2) is 16.0. The fraction of sp³-hybridized carbons (Fsp3) is 0.325. The van der Waals surface area contributed by atoms with Gasteiger partial charge in [0, 0.05) is 50.8 Å². The Morgan fingerprint density at radius 2 is 1.34 bits per heavy atom. The van der Waals surface area contributed by atoms with Gasteiger partial charge in [-0.1, -0.05) is 19.1 Å². The van der Waals surface area contributed by atoms with Crippen molar-refractivity contribution in [3.63, 3.8) is 0 Å². The number of rotatable bonds is 8. The zero-order valence-corrected chi connectivity index (χ0v) is 34.1. The zero-order chi connectivity index (χ0) is 44.0. The minimum Gasteiger partial charge on any atom is -0.490 e. The molecule has 0 aliphatic carbocycles. The fourth-order valence-corrected chi connectivity index (χ4v) is 7.72. The van der Waals surface area contributed by atoms with E-state index in [1.165, 1.54) is 29.2 Å². The second-order valence-corrected chi connectivity index (χ2v) is 15.1. The van der Waals surface area contributed by atoms with Crippen molar-refractivity contribution in [2.75, 3.05) is 36.9 Å². The molecule has 4 aromatic heterocycles. The number of likely N-dealkylation sites (tertiary alicyclic amines) is 1. The van der Waals surface area contributed by atoms with Crippen LogP contribution in [0, 0.1) is 19.3 Å². The van der Waals surface area contributed by atoms with Gasteiger partial charge in [-0.3, -0.25) is 39.7 Å². The quantitative estimate of drug-likeness (QED) is 0.0731. The first kappa shape index (κ1) is 41.0. The Bertz CT molecular complexity index is 2670. The van der Waals surface area contributed by atoms with Gasteiger partial charge in [0.15, 0.2) is 5.89 Å². The lowest BCUT2D eigenvalue weighted by molar-refractivity contribution is -0.0443. The van der Waals surface area contributed by atoms with Crippen LogP contribution in [0.5, 0.6) is 11.5 Å². The minimum atomic E-state index is -0.948. The number of imidazole rings is 2. The molecule has 22 nitrogen and oxygen atoms in total. The van der Waals surface area contributed by atoms with Crippen LogP contribution >= 0.6 is 0 Å². The summed E-state index contributed by atoms with van der Waals surface area (Å²) >= 11 is 0. The van der Waals surface area contributed by atoms with Crippen molar-refractivity contribution >= 4 is 63.6 Å². The van der Waals surface area contributed by atoms with Crippen molar-refractivity contribution in [3.8, 4) is 11.5 Å². The highest BCUT2D eigenvalue weighted by Gasteiger charge is 2.47. The molecule has 2 aliphatic rings. The third kappa shape index (κ3) is 7.50. The standard InChI is InChI=1S/C40H43N13O9/c1-5-24-32(62-21(4)43-24)36(57)47-38-45-26-13-23(34(42)55)15-29-31(26)52(38)10-8-7-9-51-30-25(44-37(51)46-35(56)27-11-20(3)48-53(27)6-2)12-22(33(41)54)14-28(30)60-18-40(19-61-29)16-50(17-40)39(58)49-59/h7-8,11-15,59H,5-6,9-10,16-19H2,1-4H3,(H2,41,54)(H2,42,55)(H,49,58)(H,44,46,56)(H,45,47,57)/b8-7+. The van der Waals surface area contributed by atoms with Crippen LogP contribution in [0.1, 0.15) is 72.9 Å². The number of aryl methyl sites for hydroxylation is 4. The summed E-state index contributed by atoms with van der Waals surface area (Å²) in [5, 5.41) is 19.6. The van der Waals surface area contributed by atoms with E-state index in [2.05, 4.69) is 20.7 Å². The molecule has 6 aromatic rings. The van der Waals surface area contributed by atoms with E-state index in [1.54, 1.807) is 51.4 Å². The molecule has 22 heteroatoms. The molecule has 0 saturated carbocycles. The Labute approximate surface area is 351 Å². The number of hydrogen-bond donors (Lipinski definition) is 6. The SMILES string of the molecule is CCc1nc(C)oc1C(=O)Nc1nc2cc(C(N)=O)cc3c2n1C/C=C/Cn1c(NC(=O)c2cc(C)nn2CC)nc2cc(C(N)=O)cc(c21)OCC1(CO3)CN(C(=O)NO)C1. The average Bonchev–Trinajstić information content (AvgIpc) is 3.99. The van der Waals surface area contributed by atoms with Gasteiger partial charge in [-0.05, 0) is 50.6 Å². The summed E-state index contributed by atoms with van der Waals surface area (Å²) in [5.74, 6) is -1.68. The van der Waals surface area contributed by atoms with Gasteiger partial charge in [-0.15, -0.1) is 0 Å². The third-order valence-corrected chi connectivity index (χ3v) is 10.7. The van der Waals surface area contributed by atoms with E-state index in [4.69, 9.17) is 35.3 Å². The molecule has 2 aliphatic heterocycles. The number of ether oxygens (including phenoxy) is 2. The maximum absolute atomic E-state index is 13.8. The van der Waals surface area contributed by atoms with Crippen LogP contribution in [-0.4, -0.2) is 99.9 Å². The number of aromatic nitrogens is 7. The van der Waals surface area contributed by atoms with Crippen LogP contribution in [0.2, 0.25) is 0 Å². The van der Waals surface area contributed by atoms with Gasteiger partial charge in [0.05, 0.1) is 27.8 Å². The molecule has 8 rings (SSSR count). The van der Waals surface area contributed by atoms with Gasteiger partial charge in [0.2, 0.25) is 29.5 Å². The first-order valence-electron chi connectivity index (χ1n) is 19.6. The lowest BCUT2D eigenvalue weighted by Gasteiger charge is -2.48. The maximum Gasteiger partial charge on any atom is 0.341 e. The zero-order valence-electron chi connectivity index (χ0n) is 34.1. The van der Waals surface area contributed by atoms with Crippen molar-refractivity contribution in [3.05, 3.63) is 82.3 Å². The van der Waals surface area contributed by atoms with Crippen LogP contribution in [0.25, 0.3) is 22.1 Å². The lowest BCUT2D eigenvalue weighted by Crippen LogP contribution is -2.65. The Kier molecular flexibility index (Phi) is 10.6. The molecule has 8 N–H and O–H groups in total. The number of allylic oxidation sites excluding steroid dienone is 2. The fourth-order valence-electron chi connectivity index (χ4n) is 7.72. The normalized spacial score (nSPS) is 15.2. The van der Waals surface area contributed by atoms with Gasteiger partial charge >= 0.3 is 6.03 Å². The molecule has 0 atom stereocenters. The van der Waals surface area contributed by atoms with Gasteiger partial charge in [0.1, 0.15) is 41.4 Å². The summed E-state index contributed by atoms with van der Waals surface area (Å²) in [7, 11) is 0. The molecule has 2 aromatic carbocycles. The molecule has 0 bridgehead atoms. The number of hydroxylamine groups is 1. The molecule has 1 saturated heterocycles. The molecular weight excluding hydrogens is 807 g/mol. The number of carbonyl (C=O) groups excluding carboxylic acids is 5. The van der Waals surface area contributed by atoms with Crippen molar-refractivity contribution in [2.24, 2.45) is 16.9 Å². The number of primary amides is 2. The smallest absolute Gasteiger partial charge is 0.341 e. The van der Waals surface area contributed by atoms with E-state index < -0.39 is 35.1 Å². The Balaban J connectivity index is 1.28. The lowest BCUT2D eigenvalue weighted by atomic mass is 9.81. The highest BCUT2D eigenvalue weighted by Crippen LogP contribution is 2.38. The summed E-state index contributed by atoms with van der Waals surface area (Å²) in [6, 6.07) is 6.83. The number of anilines is 2. The van der Waals surface area contributed by atoms with E-state index in [0.29, 0.717) is 47.0 Å². The van der Waals surface area contributed by atoms with E-state index in [9.17, 15) is 29.2 Å². The average molecular weight is 850 g/mol. The topological polar surface area (TPSA) is 295 Å². The monoisotopic (exact) mass is 849 g/mol. The molecule has 0 radical (unpaired) electrons. The summed E-state index contributed by atoms with van der Waals surface area (Å²) in [5.41, 5.74) is 15.1. The molecule has 0 unspecified atom stereocenters. The van der Waals surface area contributed by atoms with E-state index >= 15 is 0 Å². The molecule has 322 valence electrons. The number of nitrogens with one attached hydrogen (secondary N) is 3. The van der Waals surface area contributed by atoms with Crippen LogP contribution in [0.4, 0.5) is 16.7 Å². The molecular formula is C40H43N13O9. The van der Waals surface area contributed by atoms with Gasteiger partial charge in [-0.25, -0.2) is 25.2 Å². The predicted octanol–water partition coefficient (Wildman–Crippen LogP) is 2.90. The number of nitrogens with two attached hydrogens (primary N) is 2. The van der Waals surface area contributed by atoms with Crippen LogP contribution in [0.3, 0.4) is 0 Å². The summed E-state index contributed by atoms with van der Waals surface area (Å²) < 4.78 is 23.7. The van der Waals surface area contributed by atoms with Crippen LogP contribution in [-0.2, 0) is 26.1 Å². The number of carbonyl (C=O) groups is 5. The first-order chi connectivity index (χ1) is 29.7. The Morgan fingerprint density at radius 3 is 1.84 bits per heavy atom. The van der Waals surface area contributed by atoms with Crippen LogP contribution in [0.15, 0.2) is 46.9 Å². The van der Waals surface area contributed by atoms with Gasteiger partial charge in [0.25, 0.3) is 11.8 Å². The van der Waals surface area contributed by atoms with E-state index in [0.717, 1.165) is 0 Å². The Morgan fingerprint density at radius 1 is 0.790 bits per heavy atom. The van der Waals surface area contributed by atoms with Gasteiger partial charge in [-0.2, -0.15) is 5.10 Å². The number of urea groups is 1. The summed E-state index contributed by atoms with van der Waals surface area (Å²) in [4.78, 5) is 80.4. The number of oxazole rings is 1. The van der Waals surface area contributed by atoms with Gasteiger partial charge < -0.3 is 39.4 Å². The summed E-state index contributed by atoms with van der Waals surface area (Å²) in [6.45, 7) is 7.62. The van der Waals surface area contributed by atoms with Crippen molar-refractivity contribution in [1.82, 2.24) is 44.2 Å². The first-order valence-corrected chi connectivity index (χ1v) is 19.6. The highest BCUT2D eigenvalue weighted by atomic mass is 16.5. The van der Waals surface area contributed by atoms with Crippen molar-refractivity contribution < 1.29 is 43.1 Å². The van der Waals surface area contributed by atoms with Crippen molar-refractivity contribution in [1.29, 1.82) is 0 Å². The molecule has 1 fully saturated rings. The minimum absolute atomic E-state index is 0.0178. The predicted molar refractivity (Wildman–Crippen MR) is 220 cm³/mol. The number of benzene rings is 2.